The van der Waals surface area contributed by atoms with Crippen LogP contribution in [0, 0.1) is 0 Å². The molecule has 0 aromatic rings. The monoisotopic (exact) mass is 434 g/mol. The number of carbonyl (C=O) groups excluding carboxylic acids is 1. The minimum Gasteiger partial charge on any atom is -0.432 e. The highest BCUT2D eigenvalue weighted by atomic mass is 31.2. The third-order valence-corrected chi connectivity index (χ3v) is 5.39. The second-order valence-corrected chi connectivity index (χ2v) is 9.14. The van der Waals surface area contributed by atoms with Crippen LogP contribution in [-0.4, -0.2) is 22.0 Å². The molecule has 0 fully saturated rings. The summed E-state index contributed by atoms with van der Waals surface area (Å²) < 4.78 is 20.5. The van der Waals surface area contributed by atoms with E-state index in [-0.39, 0.29) is 12.0 Å². The van der Waals surface area contributed by atoms with Crippen LogP contribution >= 0.6 is 7.82 Å². The predicted molar refractivity (Wildman–Crippen MR) is 117 cm³/mol. The molecule has 0 aliphatic carbocycles. The van der Waals surface area contributed by atoms with Crippen LogP contribution in [0.15, 0.2) is 12.2 Å². The maximum atomic E-state index is 11.5. The summed E-state index contributed by atoms with van der Waals surface area (Å²) in [6.07, 6.45) is 17.6. The van der Waals surface area contributed by atoms with Crippen molar-refractivity contribution >= 4 is 13.8 Å². The first kappa shape index (κ1) is 28.3. The van der Waals surface area contributed by atoms with E-state index in [0.29, 0.717) is 6.42 Å². The number of ether oxygens (including phenoxy) is 1. The molecule has 0 rings (SSSR count). The van der Waals surface area contributed by atoms with Gasteiger partial charge in [-0.15, -0.1) is 0 Å². The number of carbonyl (C=O) groups is 1. The standard InChI is InChI=1S/C22H43O6P/c1-4-5-6-7-8-9-10-11-12-13-14-15-16-17-18-19-21(28-29(24,25)26)27-22(23)20(2)3/h21H,2,4-19H2,1,3H3,(H2,24,25,26). The molecule has 1 unspecified atom stereocenters. The van der Waals surface area contributed by atoms with Crippen molar-refractivity contribution in [3.63, 3.8) is 0 Å². The van der Waals surface area contributed by atoms with Gasteiger partial charge in [0, 0.05) is 12.0 Å². The molecule has 7 heteroatoms. The van der Waals surface area contributed by atoms with E-state index < -0.39 is 20.1 Å². The first-order valence-corrected chi connectivity index (χ1v) is 12.9. The van der Waals surface area contributed by atoms with Gasteiger partial charge in [0.15, 0.2) is 0 Å². The van der Waals surface area contributed by atoms with E-state index in [1.54, 1.807) is 0 Å². The van der Waals surface area contributed by atoms with Crippen LogP contribution in [0.25, 0.3) is 0 Å². The molecule has 0 aliphatic rings. The third kappa shape index (κ3) is 20.4. The van der Waals surface area contributed by atoms with Crippen molar-refractivity contribution in [2.45, 2.75) is 123 Å². The quantitative estimate of drug-likeness (QED) is 0.0719. The summed E-state index contributed by atoms with van der Waals surface area (Å²) in [4.78, 5) is 29.4. The van der Waals surface area contributed by atoms with Gasteiger partial charge in [-0.05, 0) is 13.3 Å². The summed E-state index contributed by atoms with van der Waals surface area (Å²) in [6.45, 7) is 7.18. The first-order valence-electron chi connectivity index (χ1n) is 11.4. The summed E-state index contributed by atoms with van der Waals surface area (Å²) in [5.74, 6) is -0.704. The van der Waals surface area contributed by atoms with Crippen molar-refractivity contribution in [1.29, 1.82) is 0 Å². The number of hydrogen-bond acceptors (Lipinski definition) is 4. The van der Waals surface area contributed by atoms with Crippen molar-refractivity contribution in [2.24, 2.45) is 0 Å². The van der Waals surface area contributed by atoms with E-state index in [1.807, 2.05) is 0 Å². The number of hydrogen-bond donors (Lipinski definition) is 2. The van der Waals surface area contributed by atoms with Crippen molar-refractivity contribution in [3.8, 4) is 0 Å². The Balaban J connectivity index is 3.63. The van der Waals surface area contributed by atoms with E-state index in [4.69, 9.17) is 14.5 Å². The molecule has 6 nitrogen and oxygen atoms in total. The second kappa shape index (κ2) is 18.1. The molecule has 0 bridgehead atoms. The minimum atomic E-state index is -4.71. The molecule has 0 aromatic carbocycles. The molecular formula is C22H43O6P. The first-order chi connectivity index (χ1) is 13.8. The number of esters is 1. The smallest absolute Gasteiger partial charge is 0.432 e. The Morgan fingerprint density at radius 2 is 1.21 bits per heavy atom. The molecule has 0 saturated heterocycles. The Labute approximate surface area is 177 Å². The molecule has 0 aromatic heterocycles. The average Bonchev–Trinajstić information content (AvgIpc) is 2.63. The third-order valence-electron chi connectivity index (χ3n) is 4.89. The van der Waals surface area contributed by atoms with Gasteiger partial charge in [-0.3, -0.25) is 0 Å². The lowest BCUT2D eigenvalue weighted by atomic mass is 10.0. The maximum Gasteiger partial charge on any atom is 0.472 e. The van der Waals surface area contributed by atoms with Crippen molar-refractivity contribution in [2.75, 3.05) is 0 Å². The summed E-state index contributed by atoms with van der Waals surface area (Å²) in [6, 6.07) is 0. The van der Waals surface area contributed by atoms with Crippen LogP contribution in [0.5, 0.6) is 0 Å². The molecule has 0 amide bonds. The van der Waals surface area contributed by atoms with Gasteiger partial charge in [0.05, 0.1) is 0 Å². The van der Waals surface area contributed by atoms with Crippen LogP contribution in [0.2, 0.25) is 0 Å². The number of phosphoric acid groups is 1. The van der Waals surface area contributed by atoms with Crippen molar-refractivity contribution in [3.05, 3.63) is 12.2 Å². The summed E-state index contributed by atoms with van der Waals surface area (Å²) >= 11 is 0. The van der Waals surface area contributed by atoms with Crippen LogP contribution in [0.4, 0.5) is 0 Å². The molecule has 2 N–H and O–H groups in total. The fraction of sp³-hybridized carbons (Fsp3) is 0.864. The van der Waals surface area contributed by atoms with Crippen LogP contribution in [0.1, 0.15) is 117 Å². The van der Waals surface area contributed by atoms with E-state index in [9.17, 15) is 9.36 Å². The highest BCUT2D eigenvalue weighted by Gasteiger charge is 2.25. The Morgan fingerprint density at radius 1 is 0.828 bits per heavy atom. The number of rotatable bonds is 20. The van der Waals surface area contributed by atoms with Gasteiger partial charge in [0.1, 0.15) is 0 Å². The highest BCUT2D eigenvalue weighted by molar-refractivity contribution is 7.46. The highest BCUT2D eigenvalue weighted by Crippen LogP contribution is 2.39. The normalized spacial score (nSPS) is 12.7. The zero-order valence-electron chi connectivity index (χ0n) is 18.6. The maximum absolute atomic E-state index is 11.5. The fourth-order valence-corrected chi connectivity index (χ4v) is 3.64. The molecule has 0 radical (unpaired) electrons. The van der Waals surface area contributed by atoms with Crippen LogP contribution in [-0.2, 0) is 18.6 Å². The average molecular weight is 435 g/mol. The lowest BCUT2D eigenvalue weighted by molar-refractivity contribution is -0.161. The SMILES string of the molecule is C=C(C)C(=O)OC(CCCCCCCCCCCCCCCCC)OP(=O)(O)O. The molecular weight excluding hydrogens is 391 g/mol. The Bertz CT molecular complexity index is 474. The van der Waals surface area contributed by atoms with Crippen LogP contribution < -0.4 is 0 Å². The van der Waals surface area contributed by atoms with Gasteiger partial charge in [0.2, 0.25) is 6.29 Å². The predicted octanol–water partition coefficient (Wildman–Crippen LogP) is 6.80. The van der Waals surface area contributed by atoms with E-state index in [2.05, 4.69) is 18.0 Å². The van der Waals surface area contributed by atoms with Crippen molar-refractivity contribution < 1.29 is 28.4 Å². The van der Waals surface area contributed by atoms with Gasteiger partial charge in [-0.25, -0.2) is 13.9 Å². The van der Waals surface area contributed by atoms with E-state index >= 15 is 0 Å². The fourth-order valence-electron chi connectivity index (χ4n) is 3.19. The lowest BCUT2D eigenvalue weighted by Crippen LogP contribution is -2.21. The van der Waals surface area contributed by atoms with Gasteiger partial charge >= 0.3 is 13.8 Å². The molecule has 0 saturated carbocycles. The van der Waals surface area contributed by atoms with Gasteiger partial charge in [0.25, 0.3) is 0 Å². The Kier molecular flexibility index (Phi) is 17.7. The molecule has 29 heavy (non-hydrogen) atoms. The minimum absolute atomic E-state index is 0.167. The summed E-state index contributed by atoms with van der Waals surface area (Å²) in [7, 11) is -4.71. The van der Waals surface area contributed by atoms with Crippen LogP contribution in [0.3, 0.4) is 0 Å². The second-order valence-electron chi connectivity index (χ2n) is 7.95. The number of unbranched alkanes of at least 4 members (excludes halogenated alkanes) is 14. The molecule has 172 valence electrons. The zero-order valence-corrected chi connectivity index (χ0v) is 19.5. The Hall–Kier alpha value is -0.680. The van der Waals surface area contributed by atoms with Crippen molar-refractivity contribution in [1.82, 2.24) is 0 Å². The van der Waals surface area contributed by atoms with E-state index in [1.165, 1.54) is 77.6 Å². The van der Waals surface area contributed by atoms with Gasteiger partial charge in [-0.2, -0.15) is 0 Å². The molecule has 1 atom stereocenters. The summed E-state index contributed by atoms with van der Waals surface area (Å²) in [5.41, 5.74) is 0.167. The number of phosphoric ester groups is 1. The lowest BCUT2D eigenvalue weighted by Gasteiger charge is -2.18. The largest absolute Gasteiger partial charge is 0.472 e. The molecule has 0 spiro atoms. The Morgan fingerprint density at radius 3 is 1.55 bits per heavy atom. The molecule has 0 aliphatic heterocycles. The zero-order chi connectivity index (χ0) is 22.0. The topological polar surface area (TPSA) is 93.1 Å². The van der Waals surface area contributed by atoms with E-state index in [0.717, 1.165) is 19.3 Å². The van der Waals surface area contributed by atoms with Gasteiger partial charge < -0.3 is 14.5 Å². The van der Waals surface area contributed by atoms with Gasteiger partial charge in [-0.1, -0.05) is 103 Å². The molecule has 0 heterocycles. The summed E-state index contributed by atoms with van der Waals surface area (Å²) in [5, 5.41) is 0.